The smallest absolute Gasteiger partial charge is 0.392 e. The second kappa shape index (κ2) is 8.52. The minimum Gasteiger partial charge on any atom is -0.491 e. The van der Waals surface area contributed by atoms with Gasteiger partial charge < -0.3 is 10.1 Å². The molecule has 0 aromatic carbocycles. The van der Waals surface area contributed by atoms with Crippen LogP contribution < -0.4 is 10.1 Å². The number of anilines is 1. The van der Waals surface area contributed by atoms with Gasteiger partial charge in [0.15, 0.2) is 0 Å². The van der Waals surface area contributed by atoms with Crippen molar-refractivity contribution in [1.29, 1.82) is 0 Å². The lowest BCUT2D eigenvalue weighted by molar-refractivity contribution is -0.139. The summed E-state index contributed by atoms with van der Waals surface area (Å²) >= 11 is 0. The third-order valence-corrected chi connectivity index (χ3v) is 5.00. The average Bonchev–Trinajstić information content (AvgIpc) is 3.39. The summed E-state index contributed by atoms with van der Waals surface area (Å²) in [6.45, 7) is 1.66. The maximum atomic E-state index is 12.3. The maximum Gasteiger partial charge on any atom is 0.392 e. The van der Waals surface area contributed by atoms with E-state index in [2.05, 4.69) is 20.4 Å². The number of aromatic nitrogens is 4. The molecule has 1 fully saturated rings. The zero-order valence-electron chi connectivity index (χ0n) is 16.9. The van der Waals surface area contributed by atoms with E-state index in [1.807, 2.05) is 0 Å². The minimum absolute atomic E-state index is 0.0475. The molecule has 31 heavy (non-hydrogen) atoms. The highest BCUT2D eigenvalue weighted by molar-refractivity contribution is 5.99. The Morgan fingerprint density at radius 2 is 2.13 bits per heavy atom. The number of rotatable bonds is 8. The molecule has 1 saturated carbocycles. The average molecular weight is 433 g/mol. The number of hydrogen-bond donors (Lipinski definition) is 1. The summed E-state index contributed by atoms with van der Waals surface area (Å²) in [5, 5.41) is 8.10. The summed E-state index contributed by atoms with van der Waals surface area (Å²) in [6.07, 6.45) is 2.25. The Balaban J connectivity index is 1.44. The molecule has 0 radical (unpaired) electrons. The number of hydrogen-bond acceptors (Lipinski definition) is 5. The first-order chi connectivity index (χ1) is 14.8. The van der Waals surface area contributed by atoms with Gasteiger partial charge in [0.2, 0.25) is 5.91 Å². The number of halogens is 3. The normalized spacial score (nSPS) is 14.1. The monoisotopic (exact) mass is 433 g/mol. The number of ether oxygens (including phenoxy) is 1. The van der Waals surface area contributed by atoms with Crippen molar-refractivity contribution in [3.05, 3.63) is 42.0 Å². The van der Waals surface area contributed by atoms with Gasteiger partial charge in [0.05, 0.1) is 42.4 Å². The predicted octanol–water partition coefficient (Wildman–Crippen LogP) is 4.25. The van der Waals surface area contributed by atoms with Gasteiger partial charge in [-0.15, -0.1) is 0 Å². The molecule has 1 aliphatic rings. The number of carbonyl (C=O) groups excluding carboxylic acids is 1. The number of pyridine rings is 2. The fraction of sp³-hybridized carbons (Fsp3) is 0.429. The summed E-state index contributed by atoms with van der Waals surface area (Å²) in [5.41, 5.74) is 2.07. The first kappa shape index (κ1) is 21.1. The maximum absolute atomic E-state index is 12.3. The molecule has 4 rings (SSSR count). The van der Waals surface area contributed by atoms with Crippen molar-refractivity contribution in [2.75, 3.05) is 11.9 Å². The lowest BCUT2D eigenvalue weighted by atomic mass is 10.2. The fourth-order valence-corrected chi connectivity index (χ4v) is 3.22. The van der Waals surface area contributed by atoms with E-state index in [1.165, 1.54) is 6.20 Å². The molecular weight excluding hydrogens is 411 g/mol. The molecule has 1 N–H and O–H groups in total. The Hall–Kier alpha value is -3.17. The number of aryl methyl sites for hydroxylation is 1. The van der Waals surface area contributed by atoms with Gasteiger partial charge in [-0.1, -0.05) is 0 Å². The van der Waals surface area contributed by atoms with Crippen LogP contribution in [-0.4, -0.2) is 38.4 Å². The second-order valence-corrected chi connectivity index (χ2v) is 7.77. The summed E-state index contributed by atoms with van der Waals surface area (Å²) in [7, 11) is 0. The molecule has 164 valence electrons. The van der Waals surface area contributed by atoms with Crippen molar-refractivity contribution in [3.63, 3.8) is 0 Å². The highest BCUT2D eigenvalue weighted by atomic mass is 19.4. The number of nitrogens with zero attached hydrogens (tertiary/aromatic N) is 4. The highest BCUT2D eigenvalue weighted by Crippen LogP contribution is 2.32. The van der Waals surface area contributed by atoms with Crippen LogP contribution in [0.3, 0.4) is 0 Å². The van der Waals surface area contributed by atoms with E-state index in [1.54, 1.807) is 36.1 Å². The van der Waals surface area contributed by atoms with Gasteiger partial charge in [0, 0.05) is 18.8 Å². The van der Waals surface area contributed by atoms with E-state index in [9.17, 15) is 18.0 Å². The third-order valence-electron chi connectivity index (χ3n) is 5.00. The van der Waals surface area contributed by atoms with E-state index in [0.717, 1.165) is 18.2 Å². The van der Waals surface area contributed by atoms with Gasteiger partial charge in [-0.25, -0.2) is 4.98 Å². The van der Waals surface area contributed by atoms with Gasteiger partial charge in [0.1, 0.15) is 11.6 Å². The Morgan fingerprint density at radius 1 is 1.32 bits per heavy atom. The second-order valence-electron chi connectivity index (χ2n) is 7.77. The number of alkyl halides is 3. The summed E-state index contributed by atoms with van der Waals surface area (Å²) in [5.74, 6) is 1.24. The van der Waals surface area contributed by atoms with E-state index < -0.39 is 19.2 Å². The van der Waals surface area contributed by atoms with Crippen LogP contribution in [0.4, 0.5) is 19.0 Å². The molecule has 3 aromatic rings. The van der Waals surface area contributed by atoms with Gasteiger partial charge in [-0.05, 0) is 43.4 Å². The molecule has 0 saturated heterocycles. The van der Waals surface area contributed by atoms with E-state index in [0.29, 0.717) is 47.2 Å². The Kier molecular flexibility index (Phi) is 5.79. The molecule has 3 aromatic heterocycles. The van der Waals surface area contributed by atoms with Crippen LogP contribution in [-0.2, 0) is 11.3 Å². The van der Waals surface area contributed by atoms with Crippen LogP contribution in [0, 0.1) is 12.8 Å². The largest absolute Gasteiger partial charge is 0.491 e. The number of fused-ring (bicyclic) bond motifs is 1. The molecule has 7 nitrogen and oxygen atoms in total. The van der Waals surface area contributed by atoms with Crippen LogP contribution >= 0.6 is 0 Å². The van der Waals surface area contributed by atoms with Crippen molar-refractivity contribution in [2.24, 2.45) is 5.92 Å². The third kappa shape index (κ3) is 5.71. The van der Waals surface area contributed by atoms with Gasteiger partial charge >= 0.3 is 6.18 Å². The molecule has 1 amide bonds. The summed E-state index contributed by atoms with van der Waals surface area (Å²) in [6, 6.07) is 3.52. The Labute approximate surface area is 176 Å². The Bertz CT molecular complexity index is 1090. The zero-order valence-corrected chi connectivity index (χ0v) is 16.9. The highest BCUT2D eigenvalue weighted by Gasteiger charge is 2.27. The lowest BCUT2D eigenvalue weighted by Crippen LogP contribution is -2.13. The van der Waals surface area contributed by atoms with Gasteiger partial charge in [0.25, 0.3) is 0 Å². The van der Waals surface area contributed by atoms with Crippen LogP contribution in [0.25, 0.3) is 10.9 Å². The predicted molar refractivity (Wildman–Crippen MR) is 108 cm³/mol. The van der Waals surface area contributed by atoms with Crippen LogP contribution in [0.2, 0.25) is 0 Å². The van der Waals surface area contributed by atoms with Crippen molar-refractivity contribution in [3.8, 4) is 5.75 Å². The van der Waals surface area contributed by atoms with Crippen LogP contribution in [0.15, 0.2) is 30.7 Å². The number of nitrogens with one attached hydrogen (secondary N) is 1. The molecule has 1 aliphatic carbocycles. The van der Waals surface area contributed by atoms with Crippen LogP contribution in [0.5, 0.6) is 5.75 Å². The van der Waals surface area contributed by atoms with E-state index in [4.69, 9.17) is 4.74 Å². The number of carbonyl (C=O) groups is 1. The molecule has 0 spiro atoms. The lowest BCUT2D eigenvalue weighted by Gasteiger charge is -2.11. The molecule has 0 atom stereocenters. The summed E-state index contributed by atoms with van der Waals surface area (Å²) in [4.78, 5) is 20.7. The van der Waals surface area contributed by atoms with Gasteiger partial charge in [-0.2, -0.15) is 18.3 Å². The molecule has 0 aliphatic heterocycles. The van der Waals surface area contributed by atoms with E-state index in [-0.39, 0.29) is 5.91 Å². The quantitative estimate of drug-likeness (QED) is 0.574. The zero-order chi connectivity index (χ0) is 22.0. The van der Waals surface area contributed by atoms with Gasteiger partial charge in [-0.3, -0.25) is 14.5 Å². The fourth-order valence-electron chi connectivity index (χ4n) is 3.22. The van der Waals surface area contributed by atoms with Crippen molar-refractivity contribution < 1.29 is 22.7 Å². The topological polar surface area (TPSA) is 81.9 Å². The summed E-state index contributed by atoms with van der Waals surface area (Å²) < 4.78 is 43.7. The minimum atomic E-state index is -4.26. The van der Waals surface area contributed by atoms with E-state index >= 15 is 0 Å². The van der Waals surface area contributed by atoms with Crippen molar-refractivity contribution >= 4 is 22.6 Å². The molecule has 10 heteroatoms. The van der Waals surface area contributed by atoms with Crippen LogP contribution in [0.1, 0.15) is 36.9 Å². The molecule has 0 bridgehead atoms. The first-order valence-corrected chi connectivity index (χ1v) is 10.0. The number of amides is 1. The molecule has 3 heterocycles. The SMILES string of the molecule is Cc1cc(Cn2cc3c(NC(=O)CC4CC4)nccc3n2)ncc1OCCC(F)(F)F. The van der Waals surface area contributed by atoms with Crippen molar-refractivity contribution in [2.45, 2.75) is 45.3 Å². The molecular formula is C21H22F3N5O2. The standard InChI is InChI=1S/C21H22F3N5O2/c1-13-8-15(26-10-18(13)31-7-5-21(22,23)24)11-29-12-16-17(28-29)4-6-25-20(16)27-19(30)9-14-2-3-14/h4,6,8,10,12,14H,2-3,5,7,9,11H2,1H3,(H,25,27,30). The Morgan fingerprint density at radius 3 is 2.84 bits per heavy atom. The van der Waals surface area contributed by atoms with Crippen molar-refractivity contribution in [1.82, 2.24) is 19.7 Å². The first-order valence-electron chi connectivity index (χ1n) is 10.0. The molecule has 0 unspecified atom stereocenters.